The molecule has 3 nitrogen and oxygen atoms in total. The van der Waals surface area contributed by atoms with Crippen LogP contribution in [0, 0.1) is 0 Å². The molecule has 4 heteroatoms. The fourth-order valence-electron chi connectivity index (χ4n) is 1.50. The largest absolute Gasteiger partial charge is 0.391 e. The molecule has 12 heavy (non-hydrogen) atoms. The molecule has 1 aliphatic rings. The number of piperidine rings is 1. The lowest BCUT2D eigenvalue weighted by Crippen LogP contribution is -2.38. The normalized spacial score (nSPS) is 24.4. The summed E-state index contributed by atoms with van der Waals surface area (Å²) in [7, 11) is 0. The van der Waals surface area contributed by atoms with Gasteiger partial charge in [0, 0.05) is 24.7 Å². The van der Waals surface area contributed by atoms with Crippen molar-refractivity contribution < 1.29 is 5.11 Å². The number of hydrogen-bond donors (Lipinski definition) is 1. The maximum absolute atomic E-state index is 9.41. The Hall–Kier alpha value is -0.610. The van der Waals surface area contributed by atoms with Crippen molar-refractivity contribution in [3.05, 3.63) is 11.6 Å². The van der Waals surface area contributed by atoms with Crippen molar-refractivity contribution in [2.24, 2.45) is 0 Å². The van der Waals surface area contributed by atoms with Crippen LogP contribution in [-0.4, -0.2) is 29.3 Å². The van der Waals surface area contributed by atoms with E-state index in [1.165, 1.54) is 0 Å². The predicted molar refractivity (Wildman–Crippen MR) is 49.6 cm³/mol. The standard InChI is InChI=1S/C8H12N2OS/c11-7-2-1-4-10(6-7)8-9-3-5-12-8/h3,5,7,11H,1-2,4,6H2/t7-/m1/s1. The minimum absolute atomic E-state index is 0.164. The lowest BCUT2D eigenvalue weighted by atomic mass is 10.1. The minimum Gasteiger partial charge on any atom is -0.391 e. The quantitative estimate of drug-likeness (QED) is 0.710. The summed E-state index contributed by atoms with van der Waals surface area (Å²) in [6, 6.07) is 0. The fraction of sp³-hybridized carbons (Fsp3) is 0.625. The lowest BCUT2D eigenvalue weighted by molar-refractivity contribution is 0.154. The molecule has 0 radical (unpaired) electrons. The number of aromatic nitrogens is 1. The lowest BCUT2D eigenvalue weighted by Gasteiger charge is -2.29. The molecule has 0 bridgehead atoms. The van der Waals surface area contributed by atoms with Crippen molar-refractivity contribution >= 4 is 16.5 Å². The van der Waals surface area contributed by atoms with E-state index in [1.54, 1.807) is 17.5 Å². The number of nitrogens with zero attached hydrogens (tertiary/aromatic N) is 2. The third-order valence-electron chi connectivity index (χ3n) is 2.09. The number of anilines is 1. The van der Waals surface area contributed by atoms with E-state index in [-0.39, 0.29) is 6.10 Å². The van der Waals surface area contributed by atoms with E-state index in [9.17, 15) is 5.11 Å². The first-order chi connectivity index (χ1) is 5.86. The topological polar surface area (TPSA) is 36.4 Å². The number of thiazole rings is 1. The third kappa shape index (κ3) is 1.59. The van der Waals surface area contributed by atoms with Gasteiger partial charge in [-0.2, -0.15) is 0 Å². The van der Waals surface area contributed by atoms with Crippen LogP contribution in [0.15, 0.2) is 11.6 Å². The van der Waals surface area contributed by atoms with Gasteiger partial charge in [0.05, 0.1) is 6.10 Å². The second-order valence-corrected chi connectivity index (χ2v) is 3.93. The summed E-state index contributed by atoms with van der Waals surface area (Å²) in [5, 5.41) is 12.4. The van der Waals surface area contributed by atoms with Gasteiger partial charge in [0.1, 0.15) is 0 Å². The molecule has 1 aliphatic heterocycles. The third-order valence-corrected chi connectivity index (χ3v) is 2.92. The van der Waals surface area contributed by atoms with Crippen molar-refractivity contribution in [3.8, 4) is 0 Å². The van der Waals surface area contributed by atoms with Gasteiger partial charge in [0.15, 0.2) is 5.13 Å². The summed E-state index contributed by atoms with van der Waals surface area (Å²) in [6.07, 6.45) is 3.64. The summed E-state index contributed by atoms with van der Waals surface area (Å²) in [5.41, 5.74) is 0. The van der Waals surface area contributed by atoms with Crippen LogP contribution in [0.25, 0.3) is 0 Å². The summed E-state index contributed by atoms with van der Waals surface area (Å²) >= 11 is 1.64. The molecule has 1 saturated heterocycles. The van der Waals surface area contributed by atoms with E-state index in [0.717, 1.165) is 31.1 Å². The Balaban J connectivity index is 2.04. The molecule has 2 rings (SSSR count). The van der Waals surface area contributed by atoms with Gasteiger partial charge in [-0.05, 0) is 12.8 Å². The van der Waals surface area contributed by atoms with Crippen molar-refractivity contribution in [1.82, 2.24) is 4.98 Å². The molecule has 1 aromatic heterocycles. The Labute approximate surface area is 75.7 Å². The highest BCUT2D eigenvalue weighted by atomic mass is 32.1. The highest BCUT2D eigenvalue weighted by Gasteiger charge is 2.18. The first kappa shape index (κ1) is 8.01. The Morgan fingerprint density at radius 3 is 3.25 bits per heavy atom. The Kier molecular flexibility index (Phi) is 2.28. The molecule has 1 N–H and O–H groups in total. The second-order valence-electron chi connectivity index (χ2n) is 3.06. The fourth-order valence-corrected chi connectivity index (χ4v) is 2.18. The second kappa shape index (κ2) is 3.41. The summed E-state index contributed by atoms with van der Waals surface area (Å²) < 4.78 is 0. The smallest absolute Gasteiger partial charge is 0.185 e. The highest BCUT2D eigenvalue weighted by molar-refractivity contribution is 7.13. The Bertz CT molecular complexity index is 237. The van der Waals surface area contributed by atoms with Crippen LogP contribution in [0.3, 0.4) is 0 Å². The van der Waals surface area contributed by atoms with Gasteiger partial charge in [-0.25, -0.2) is 4.98 Å². The van der Waals surface area contributed by atoms with Crippen LogP contribution in [-0.2, 0) is 0 Å². The zero-order valence-corrected chi connectivity index (χ0v) is 7.63. The van der Waals surface area contributed by atoms with Crippen molar-refractivity contribution in [2.75, 3.05) is 18.0 Å². The van der Waals surface area contributed by atoms with E-state index in [1.807, 2.05) is 5.38 Å². The Morgan fingerprint density at radius 2 is 2.58 bits per heavy atom. The molecule has 2 heterocycles. The molecule has 1 aromatic rings. The van der Waals surface area contributed by atoms with Crippen molar-refractivity contribution in [2.45, 2.75) is 18.9 Å². The Morgan fingerprint density at radius 1 is 1.67 bits per heavy atom. The maximum Gasteiger partial charge on any atom is 0.185 e. The minimum atomic E-state index is -0.164. The van der Waals surface area contributed by atoms with E-state index < -0.39 is 0 Å². The average molecular weight is 184 g/mol. The first-order valence-corrected chi connectivity index (χ1v) is 5.07. The molecule has 0 saturated carbocycles. The van der Waals surface area contributed by atoms with Crippen LogP contribution >= 0.6 is 11.3 Å². The van der Waals surface area contributed by atoms with Gasteiger partial charge in [-0.1, -0.05) is 0 Å². The molecule has 0 amide bonds. The van der Waals surface area contributed by atoms with E-state index in [2.05, 4.69) is 9.88 Å². The van der Waals surface area contributed by atoms with Crippen molar-refractivity contribution in [1.29, 1.82) is 0 Å². The number of aliphatic hydroxyl groups excluding tert-OH is 1. The molecule has 66 valence electrons. The molecule has 1 fully saturated rings. The SMILES string of the molecule is O[C@@H]1CCCN(c2nccs2)C1. The molecule has 0 spiro atoms. The molecule has 0 aliphatic carbocycles. The number of β-amino-alcohol motifs (C(OH)–C–C–N with tert-alkyl or cyclic N) is 1. The molecular weight excluding hydrogens is 172 g/mol. The van der Waals surface area contributed by atoms with Crippen LogP contribution in [0.2, 0.25) is 0 Å². The van der Waals surface area contributed by atoms with Crippen molar-refractivity contribution in [3.63, 3.8) is 0 Å². The van der Waals surface area contributed by atoms with E-state index in [0.29, 0.717) is 0 Å². The number of rotatable bonds is 1. The summed E-state index contributed by atoms with van der Waals surface area (Å²) in [5.74, 6) is 0. The molecule has 0 aromatic carbocycles. The monoisotopic (exact) mass is 184 g/mol. The molecule has 1 atom stereocenters. The van der Waals surface area contributed by atoms with Crippen LogP contribution < -0.4 is 4.90 Å². The predicted octanol–water partition coefficient (Wildman–Crippen LogP) is 1.10. The van der Waals surface area contributed by atoms with E-state index >= 15 is 0 Å². The van der Waals surface area contributed by atoms with Gasteiger partial charge in [0.2, 0.25) is 0 Å². The summed E-state index contributed by atoms with van der Waals surface area (Å²) in [4.78, 5) is 6.36. The maximum atomic E-state index is 9.41. The van der Waals surface area contributed by atoms with Gasteiger partial charge in [0.25, 0.3) is 0 Å². The molecular formula is C8H12N2OS. The van der Waals surface area contributed by atoms with Crippen LogP contribution in [0.1, 0.15) is 12.8 Å². The molecule has 0 unspecified atom stereocenters. The van der Waals surface area contributed by atoms with Gasteiger partial charge in [-0.15, -0.1) is 11.3 Å². The average Bonchev–Trinajstić information content (AvgIpc) is 2.56. The zero-order valence-electron chi connectivity index (χ0n) is 6.81. The highest BCUT2D eigenvalue weighted by Crippen LogP contribution is 2.21. The summed E-state index contributed by atoms with van der Waals surface area (Å²) in [6.45, 7) is 1.78. The zero-order chi connectivity index (χ0) is 8.39. The number of hydrogen-bond acceptors (Lipinski definition) is 4. The van der Waals surface area contributed by atoms with Gasteiger partial charge < -0.3 is 10.0 Å². The first-order valence-electron chi connectivity index (χ1n) is 4.19. The van der Waals surface area contributed by atoms with Crippen LogP contribution in [0.4, 0.5) is 5.13 Å². The van der Waals surface area contributed by atoms with Crippen LogP contribution in [0.5, 0.6) is 0 Å². The number of aliphatic hydroxyl groups is 1. The van der Waals surface area contributed by atoms with Gasteiger partial charge >= 0.3 is 0 Å². The van der Waals surface area contributed by atoms with Gasteiger partial charge in [-0.3, -0.25) is 0 Å². The van der Waals surface area contributed by atoms with E-state index in [4.69, 9.17) is 0 Å².